The Labute approximate surface area is 142 Å². The smallest absolute Gasteiger partial charge is 0.229 e. The predicted molar refractivity (Wildman–Crippen MR) is 94.8 cm³/mol. The molecule has 0 aromatic heterocycles. The summed E-state index contributed by atoms with van der Waals surface area (Å²) < 4.78 is 15.5. The van der Waals surface area contributed by atoms with E-state index in [4.69, 9.17) is 0 Å². The van der Waals surface area contributed by atoms with Gasteiger partial charge in [-0.1, -0.05) is 43.3 Å². The van der Waals surface area contributed by atoms with Crippen molar-refractivity contribution in [3.8, 4) is 0 Å². The minimum atomic E-state index is -1.23. The van der Waals surface area contributed by atoms with Gasteiger partial charge in [0.05, 0.1) is 0 Å². The zero-order chi connectivity index (χ0) is 17.2. The molecule has 0 saturated carbocycles. The van der Waals surface area contributed by atoms with E-state index in [1.165, 1.54) is 0 Å². The maximum absolute atomic E-state index is 12.6. The molecule has 0 spiro atoms. The third-order valence-corrected chi connectivity index (χ3v) is 5.59. The van der Waals surface area contributed by atoms with Gasteiger partial charge in [-0.2, -0.15) is 0 Å². The molecule has 2 rings (SSSR count). The normalized spacial score (nSPS) is 21.8. The molecule has 1 aliphatic rings. The summed E-state index contributed by atoms with van der Waals surface area (Å²) in [5, 5.41) is 0. The van der Waals surface area contributed by atoms with Crippen LogP contribution in [0.5, 0.6) is 0 Å². The standard InChI is InChI=1S/C18H26N2O2S/c1-13-11-12-15(20(5)17(13)21)16(14-9-7-6-8-10-14)19-23(22)18(2,3)4/h6-10,12-13,16,19H,11H2,1-5H3/t13?,16-,23?/m1/s1. The molecule has 0 bridgehead atoms. The van der Waals surface area contributed by atoms with Crippen molar-refractivity contribution >= 4 is 17.3 Å². The van der Waals surface area contributed by atoms with Crippen LogP contribution in [0.4, 0.5) is 0 Å². The highest BCUT2D eigenvalue weighted by Gasteiger charge is 2.35. The van der Waals surface area contributed by atoms with Crippen molar-refractivity contribution in [3.05, 3.63) is 47.7 Å². The van der Waals surface area contributed by atoms with Crippen LogP contribution in [0.15, 0.2) is 42.1 Å². The zero-order valence-corrected chi connectivity index (χ0v) is 15.3. The second-order valence-electron chi connectivity index (χ2n) is 7.01. The third kappa shape index (κ3) is 4.16. The second-order valence-corrected chi connectivity index (χ2v) is 9.00. The summed E-state index contributed by atoms with van der Waals surface area (Å²) >= 11 is -1.23. The molecular weight excluding hydrogens is 308 g/mol. The Morgan fingerprint density at radius 2 is 1.91 bits per heavy atom. The van der Waals surface area contributed by atoms with Gasteiger partial charge in [-0.25, -0.2) is 0 Å². The largest absolute Gasteiger partial charge is 0.598 e. The summed E-state index contributed by atoms with van der Waals surface area (Å²) in [6, 6.07) is 9.59. The molecule has 0 aliphatic carbocycles. The lowest BCUT2D eigenvalue weighted by molar-refractivity contribution is -0.132. The third-order valence-electron chi connectivity index (χ3n) is 4.03. The summed E-state index contributed by atoms with van der Waals surface area (Å²) in [5.74, 6) is 0.0973. The van der Waals surface area contributed by atoms with Crippen LogP contribution in [0, 0.1) is 5.92 Å². The Kier molecular flexibility index (Phi) is 5.55. The fourth-order valence-corrected chi connectivity index (χ4v) is 3.36. The Morgan fingerprint density at radius 3 is 2.48 bits per heavy atom. The number of benzene rings is 1. The van der Waals surface area contributed by atoms with Gasteiger partial charge in [0.25, 0.3) is 0 Å². The number of amides is 1. The molecule has 1 aromatic carbocycles. The van der Waals surface area contributed by atoms with E-state index in [9.17, 15) is 9.35 Å². The number of likely N-dealkylation sites (N-methyl/N-ethyl adjacent to an activating group) is 1. The van der Waals surface area contributed by atoms with Gasteiger partial charge in [-0.05, 0) is 32.8 Å². The van der Waals surface area contributed by atoms with Crippen molar-refractivity contribution in [2.45, 2.75) is 44.9 Å². The highest BCUT2D eigenvalue weighted by Crippen LogP contribution is 2.31. The lowest BCUT2D eigenvalue weighted by Gasteiger charge is -2.35. The number of hydrogen-bond acceptors (Lipinski definition) is 3. The van der Waals surface area contributed by atoms with E-state index in [-0.39, 0.29) is 22.6 Å². The van der Waals surface area contributed by atoms with Crippen molar-refractivity contribution in [2.75, 3.05) is 7.05 Å². The lowest BCUT2D eigenvalue weighted by Crippen LogP contribution is -2.45. The molecule has 2 unspecified atom stereocenters. The quantitative estimate of drug-likeness (QED) is 0.861. The van der Waals surface area contributed by atoms with Crippen LogP contribution in [0.1, 0.15) is 45.7 Å². The molecule has 5 heteroatoms. The highest BCUT2D eigenvalue weighted by atomic mass is 32.2. The van der Waals surface area contributed by atoms with Gasteiger partial charge in [0.2, 0.25) is 5.91 Å². The van der Waals surface area contributed by atoms with Crippen molar-refractivity contribution in [1.29, 1.82) is 0 Å². The van der Waals surface area contributed by atoms with E-state index in [0.717, 1.165) is 11.3 Å². The Balaban J connectivity index is 2.37. The van der Waals surface area contributed by atoms with Gasteiger partial charge < -0.3 is 9.45 Å². The van der Waals surface area contributed by atoms with Crippen molar-refractivity contribution < 1.29 is 9.35 Å². The number of hydrogen-bond donors (Lipinski definition) is 1. The average molecular weight is 334 g/mol. The van der Waals surface area contributed by atoms with E-state index < -0.39 is 11.4 Å². The number of rotatable bonds is 4. The van der Waals surface area contributed by atoms with Crippen LogP contribution < -0.4 is 4.72 Å². The highest BCUT2D eigenvalue weighted by molar-refractivity contribution is 7.90. The van der Waals surface area contributed by atoms with E-state index >= 15 is 0 Å². The second kappa shape index (κ2) is 7.07. The summed E-state index contributed by atoms with van der Waals surface area (Å²) in [5.41, 5.74) is 1.88. The molecular formula is C18H26N2O2S. The van der Waals surface area contributed by atoms with Gasteiger partial charge in [-0.15, -0.1) is 4.72 Å². The molecule has 1 aromatic rings. The number of nitrogens with one attached hydrogen (secondary N) is 1. The minimum Gasteiger partial charge on any atom is -0.598 e. The van der Waals surface area contributed by atoms with Crippen molar-refractivity contribution in [3.63, 3.8) is 0 Å². The first-order valence-corrected chi connectivity index (χ1v) is 9.07. The summed E-state index contributed by atoms with van der Waals surface area (Å²) in [4.78, 5) is 14.0. The van der Waals surface area contributed by atoms with Crippen LogP contribution in [-0.2, 0) is 16.2 Å². The van der Waals surface area contributed by atoms with Gasteiger partial charge in [-0.3, -0.25) is 4.79 Å². The fourth-order valence-electron chi connectivity index (χ4n) is 2.53. The Hall–Kier alpha value is -1.30. The lowest BCUT2D eigenvalue weighted by atomic mass is 9.95. The van der Waals surface area contributed by atoms with Crippen molar-refractivity contribution in [1.82, 2.24) is 9.62 Å². The average Bonchev–Trinajstić information content (AvgIpc) is 2.51. The molecule has 1 heterocycles. The van der Waals surface area contributed by atoms with Gasteiger partial charge >= 0.3 is 0 Å². The predicted octanol–water partition coefficient (Wildman–Crippen LogP) is 3.16. The monoisotopic (exact) mass is 334 g/mol. The molecule has 3 atom stereocenters. The van der Waals surface area contributed by atoms with Gasteiger partial charge in [0.1, 0.15) is 10.8 Å². The minimum absolute atomic E-state index is 0.00622. The number of carbonyl (C=O) groups is 1. The Bertz CT molecular complexity index is 580. The molecule has 1 amide bonds. The van der Waals surface area contributed by atoms with E-state index in [0.29, 0.717) is 6.42 Å². The molecule has 4 nitrogen and oxygen atoms in total. The van der Waals surface area contributed by atoms with Crippen molar-refractivity contribution in [2.24, 2.45) is 5.92 Å². The Morgan fingerprint density at radius 1 is 1.30 bits per heavy atom. The van der Waals surface area contributed by atoms with Gasteiger partial charge in [0, 0.05) is 30.0 Å². The molecule has 126 valence electrons. The zero-order valence-electron chi connectivity index (χ0n) is 14.5. The first-order chi connectivity index (χ1) is 10.7. The summed E-state index contributed by atoms with van der Waals surface area (Å²) in [6.45, 7) is 7.74. The van der Waals surface area contributed by atoms with Crippen LogP contribution in [0.3, 0.4) is 0 Å². The fraction of sp³-hybridized carbons (Fsp3) is 0.500. The molecule has 0 radical (unpaired) electrons. The summed E-state index contributed by atoms with van der Waals surface area (Å²) in [6.07, 6.45) is 2.79. The first kappa shape index (κ1) is 18.0. The molecule has 1 aliphatic heterocycles. The van der Waals surface area contributed by atoms with Crippen LogP contribution in [-0.4, -0.2) is 27.2 Å². The first-order valence-electron chi connectivity index (χ1n) is 7.92. The van der Waals surface area contributed by atoms with E-state index in [2.05, 4.69) is 10.8 Å². The van der Waals surface area contributed by atoms with Crippen LogP contribution in [0.2, 0.25) is 0 Å². The molecule has 1 N–H and O–H groups in total. The maximum Gasteiger partial charge on any atom is 0.229 e. The number of allylic oxidation sites excluding steroid dienone is 1. The summed E-state index contributed by atoms with van der Waals surface area (Å²) in [7, 11) is 1.79. The number of nitrogens with zero attached hydrogens (tertiary/aromatic N) is 1. The van der Waals surface area contributed by atoms with Crippen LogP contribution >= 0.6 is 0 Å². The van der Waals surface area contributed by atoms with Crippen LogP contribution in [0.25, 0.3) is 0 Å². The van der Waals surface area contributed by atoms with E-state index in [1.54, 1.807) is 11.9 Å². The molecule has 0 fully saturated rings. The maximum atomic E-state index is 12.6. The topological polar surface area (TPSA) is 55.4 Å². The SMILES string of the molecule is CC1CC=C([C@H](N[S+]([O-])C(C)(C)C)c2ccccc2)N(C)C1=O. The van der Waals surface area contributed by atoms with E-state index in [1.807, 2.05) is 58.0 Å². The number of carbonyl (C=O) groups excluding carboxylic acids is 1. The van der Waals surface area contributed by atoms with Gasteiger partial charge in [0.15, 0.2) is 0 Å². The molecule has 0 saturated heterocycles. The molecule has 23 heavy (non-hydrogen) atoms.